The Labute approximate surface area is 96.2 Å². The van der Waals surface area contributed by atoms with Crippen molar-refractivity contribution >= 4 is 19.7 Å². The van der Waals surface area contributed by atoms with Crippen LogP contribution in [-0.2, 0) is 19.7 Å². The quantitative estimate of drug-likeness (QED) is 0.578. The minimum Gasteiger partial charge on any atom is -0.247 e. The van der Waals surface area contributed by atoms with Crippen molar-refractivity contribution in [3.05, 3.63) is 54.5 Å². The second kappa shape index (κ2) is 5.83. The first-order valence-electron chi connectivity index (χ1n) is 4.74. The average Bonchev–Trinajstić information content (AvgIpc) is 2.26. The van der Waals surface area contributed by atoms with Crippen LogP contribution < -0.4 is 0 Å². The molecule has 0 saturated carbocycles. The van der Waals surface area contributed by atoms with Crippen molar-refractivity contribution in [2.24, 2.45) is 0 Å². The van der Waals surface area contributed by atoms with Gasteiger partial charge in [0, 0.05) is 10.3 Å². The monoisotopic (exact) mass is 238 g/mol. The van der Waals surface area contributed by atoms with E-state index >= 15 is 0 Å². The van der Waals surface area contributed by atoms with E-state index in [2.05, 4.69) is 6.58 Å². The Balaban J connectivity index is 2.77. The summed E-state index contributed by atoms with van der Waals surface area (Å²) < 4.78 is 12.1. The van der Waals surface area contributed by atoms with Crippen LogP contribution in [0.4, 0.5) is 0 Å². The Bertz CT molecular complexity index is 430. The van der Waals surface area contributed by atoms with E-state index in [4.69, 9.17) is 11.2 Å². The van der Waals surface area contributed by atoms with E-state index in [-0.39, 0.29) is 0 Å². The molecule has 0 radical (unpaired) electrons. The first kappa shape index (κ1) is 12.1. The van der Waals surface area contributed by atoms with Gasteiger partial charge >= 0.3 is 0 Å². The van der Waals surface area contributed by atoms with E-state index in [9.17, 15) is 4.21 Å². The van der Waals surface area contributed by atoms with Crippen LogP contribution in [0.25, 0.3) is 0 Å². The zero-order valence-electron chi connectivity index (χ0n) is 8.46. The molecule has 80 valence electrons. The summed E-state index contributed by atoms with van der Waals surface area (Å²) in [5, 5.41) is 1.63. The fourth-order valence-electron chi connectivity index (χ4n) is 1.10. The van der Waals surface area contributed by atoms with Crippen LogP contribution >= 0.6 is 0 Å². The van der Waals surface area contributed by atoms with Gasteiger partial charge in [-0.1, -0.05) is 30.4 Å². The molecule has 1 aromatic rings. The van der Waals surface area contributed by atoms with E-state index in [0.717, 1.165) is 12.8 Å². The molecule has 1 atom stereocenters. The minimum absolute atomic E-state index is 0.704. The molecular formula is C12H14OS2. The van der Waals surface area contributed by atoms with E-state index in [1.165, 1.54) is 0 Å². The van der Waals surface area contributed by atoms with Crippen LogP contribution in [-0.4, -0.2) is 4.21 Å². The summed E-state index contributed by atoms with van der Waals surface area (Å²) in [4.78, 5) is 0.704. The molecule has 0 amide bonds. The first-order chi connectivity index (χ1) is 7.17. The van der Waals surface area contributed by atoms with Gasteiger partial charge in [-0.3, -0.25) is 0 Å². The second-order valence-corrected chi connectivity index (χ2v) is 6.42. The van der Waals surface area contributed by atoms with Gasteiger partial charge in [-0.15, -0.1) is 6.58 Å². The summed E-state index contributed by atoms with van der Waals surface area (Å²) in [6, 6.07) is 9.17. The second-order valence-electron chi connectivity index (χ2n) is 3.10. The first-order valence-corrected chi connectivity index (χ1v) is 7.29. The lowest BCUT2D eigenvalue weighted by molar-refractivity contribution is 0.687. The van der Waals surface area contributed by atoms with E-state index in [1.807, 2.05) is 30.4 Å². The molecule has 0 aromatic heterocycles. The highest BCUT2D eigenvalue weighted by atomic mass is 32.8. The summed E-state index contributed by atoms with van der Waals surface area (Å²) in [7, 11) is -2.42. The molecule has 0 heterocycles. The molecule has 0 aliphatic carbocycles. The average molecular weight is 238 g/mol. The van der Waals surface area contributed by atoms with Crippen LogP contribution in [0.15, 0.2) is 59.4 Å². The third-order valence-electron chi connectivity index (χ3n) is 1.88. The number of allylic oxidation sites excluding steroid dienone is 2. The lowest BCUT2D eigenvalue weighted by Crippen LogP contribution is -1.93. The van der Waals surface area contributed by atoms with Crippen LogP contribution in [0.2, 0.25) is 0 Å². The molecular weight excluding hydrogens is 224 g/mol. The summed E-state index contributed by atoms with van der Waals surface area (Å²) in [5.41, 5.74) is 0. The molecule has 0 aliphatic heterocycles. The minimum atomic E-state index is -2.42. The van der Waals surface area contributed by atoms with Crippen LogP contribution in [0.3, 0.4) is 0 Å². The predicted molar refractivity (Wildman–Crippen MR) is 68.8 cm³/mol. The van der Waals surface area contributed by atoms with Crippen molar-refractivity contribution in [1.29, 1.82) is 0 Å². The van der Waals surface area contributed by atoms with Crippen LogP contribution in [0.1, 0.15) is 12.8 Å². The summed E-state index contributed by atoms with van der Waals surface area (Å²) in [6.45, 7) is 3.62. The molecule has 0 aliphatic rings. The standard InChI is InChI=1S/C12H14OS2/c1-2-3-4-8-11-15(13,14)12-9-6-5-7-10-12/h2,5-11H,1,3-4H2. The number of benzene rings is 1. The Kier molecular flexibility index (Phi) is 4.72. The van der Waals surface area contributed by atoms with Crippen molar-refractivity contribution in [1.82, 2.24) is 0 Å². The maximum atomic E-state index is 12.1. The SMILES string of the molecule is C=CCCC=CS(=O)(=S)c1ccccc1. The Morgan fingerprint density at radius 1 is 1.27 bits per heavy atom. The predicted octanol–water partition coefficient (Wildman–Crippen LogP) is 3.27. The van der Waals surface area contributed by atoms with Gasteiger partial charge in [-0.05, 0) is 36.2 Å². The normalized spacial score (nSPS) is 14.9. The lowest BCUT2D eigenvalue weighted by atomic mass is 10.3. The molecule has 0 bridgehead atoms. The summed E-state index contributed by atoms with van der Waals surface area (Å²) >= 11 is 5.07. The zero-order valence-corrected chi connectivity index (χ0v) is 10.1. The zero-order chi connectivity index (χ0) is 11.1. The van der Waals surface area contributed by atoms with Gasteiger partial charge in [0.25, 0.3) is 0 Å². The third-order valence-corrected chi connectivity index (χ3v) is 4.28. The van der Waals surface area contributed by atoms with Gasteiger partial charge < -0.3 is 0 Å². The topological polar surface area (TPSA) is 17.1 Å². The maximum absolute atomic E-state index is 12.1. The van der Waals surface area contributed by atoms with Gasteiger partial charge in [0.1, 0.15) is 0 Å². The fourth-order valence-corrected chi connectivity index (χ4v) is 2.75. The highest BCUT2D eigenvalue weighted by molar-refractivity contribution is 8.34. The molecule has 15 heavy (non-hydrogen) atoms. The van der Waals surface area contributed by atoms with E-state index in [1.54, 1.807) is 17.5 Å². The number of rotatable bonds is 5. The van der Waals surface area contributed by atoms with Crippen molar-refractivity contribution < 1.29 is 4.21 Å². The number of hydrogen-bond acceptors (Lipinski definition) is 2. The molecule has 1 rings (SSSR count). The molecule has 0 N–H and O–H groups in total. The van der Waals surface area contributed by atoms with Crippen molar-refractivity contribution in [3.8, 4) is 0 Å². The third kappa shape index (κ3) is 3.98. The summed E-state index contributed by atoms with van der Waals surface area (Å²) in [6.07, 6.45) is 5.42. The molecule has 1 aromatic carbocycles. The van der Waals surface area contributed by atoms with Crippen molar-refractivity contribution in [3.63, 3.8) is 0 Å². The molecule has 0 fully saturated rings. The number of hydrogen-bond donors (Lipinski definition) is 0. The van der Waals surface area contributed by atoms with E-state index < -0.39 is 8.49 Å². The largest absolute Gasteiger partial charge is 0.247 e. The molecule has 1 unspecified atom stereocenters. The fraction of sp³-hybridized carbons (Fsp3) is 0.167. The smallest absolute Gasteiger partial charge is 0.0799 e. The van der Waals surface area contributed by atoms with E-state index in [0.29, 0.717) is 4.90 Å². The Hall–Kier alpha value is -0.930. The number of unbranched alkanes of at least 4 members (excludes halogenated alkanes) is 1. The molecule has 1 nitrogen and oxygen atoms in total. The van der Waals surface area contributed by atoms with Gasteiger partial charge in [0.15, 0.2) is 0 Å². The Morgan fingerprint density at radius 3 is 2.53 bits per heavy atom. The lowest BCUT2D eigenvalue weighted by Gasteiger charge is -2.00. The van der Waals surface area contributed by atoms with Crippen molar-refractivity contribution in [2.75, 3.05) is 0 Å². The van der Waals surface area contributed by atoms with Gasteiger partial charge in [0.2, 0.25) is 0 Å². The highest BCUT2D eigenvalue weighted by Crippen LogP contribution is 2.12. The summed E-state index contributed by atoms with van der Waals surface area (Å²) in [5.74, 6) is 0. The van der Waals surface area contributed by atoms with Crippen LogP contribution in [0, 0.1) is 0 Å². The maximum Gasteiger partial charge on any atom is 0.0799 e. The van der Waals surface area contributed by atoms with Crippen molar-refractivity contribution in [2.45, 2.75) is 17.7 Å². The molecule has 0 saturated heterocycles. The molecule has 0 spiro atoms. The molecule has 3 heteroatoms. The van der Waals surface area contributed by atoms with Gasteiger partial charge in [-0.2, -0.15) is 0 Å². The highest BCUT2D eigenvalue weighted by Gasteiger charge is 2.03. The van der Waals surface area contributed by atoms with Gasteiger partial charge in [0.05, 0.1) is 8.49 Å². The van der Waals surface area contributed by atoms with Gasteiger partial charge in [-0.25, -0.2) is 4.21 Å². The Morgan fingerprint density at radius 2 is 1.93 bits per heavy atom. The van der Waals surface area contributed by atoms with Crippen LogP contribution in [0.5, 0.6) is 0 Å².